The monoisotopic (exact) mass is 1070 g/mol. The van der Waals surface area contributed by atoms with Crippen molar-refractivity contribution in [2.45, 2.75) is 131 Å². The zero-order chi connectivity index (χ0) is 57.7. The highest BCUT2D eigenvalue weighted by molar-refractivity contribution is 6.09. The number of fused-ring (bicyclic) bond motifs is 4. The molecule has 3 heterocycles. The van der Waals surface area contributed by atoms with Gasteiger partial charge in [-0.25, -0.2) is 13.8 Å². The van der Waals surface area contributed by atoms with Crippen LogP contribution in [0, 0.1) is 11.6 Å². The van der Waals surface area contributed by atoms with Crippen molar-refractivity contribution >= 4 is 44.6 Å². The molecule has 7 heteroatoms. The van der Waals surface area contributed by atoms with Crippen molar-refractivity contribution in [3.05, 3.63) is 216 Å². The molecule has 0 unspecified atom stereocenters. The molecule has 412 valence electrons. The van der Waals surface area contributed by atoms with E-state index in [1.165, 1.54) is 52.1 Å². The van der Waals surface area contributed by atoms with Gasteiger partial charge < -0.3 is 14.5 Å². The number of benzene rings is 8. The van der Waals surface area contributed by atoms with E-state index in [2.05, 4.69) is 240 Å². The van der Waals surface area contributed by atoms with Gasteiger partial charge in [0.25, 0.3) is 0 Å². The van der Waals surface area contributed by atoms with Gasteiger partial charge in [0.2, 0.25) is 0 Å². The largest absolute Gasteiger partial charge is 0.457 e. The molecule has 0 fully saturated rings. The number of hydrogen-bond donors (Lipinski definition) is 0. The Bertz CT molecular complexity index is 3940. The highest BCUT2D eigenvalue weighted by Gasteiger charge is 2.35. The molecule has 0 spiro atoms. The molecule has 1 aliphatic heterocycles. The number of halogens is 2. The van der Waals surface area contributed by atoms with Crippen LogP contribution in [-0.2, 0) is 27.1 Å². The predicted octanol–water partition coefficient (Wildman–Crippen LogP) is 21.0. The standard InChI is InChI=1S/C74H76F2N4O/c1-70(2,3)49-34-35-77-67(42-49)80-63-21-17-16-20-57(63)58-33-32-55(44-66(58)80)81-56-37-48(68-61(73(10,11)12)40-51(72(7,8)9)41-62(68)74(13,14)15)36-54(43-56)78-45-79(65-23-19-18-22-64(65)78)69-59(46-24-28-52(75)29-25-46)38-50(71(4,5)6)39-60(69)47-26-30-53(76)31-27-47/h16-44H,45H2,1-15H3. The lowest BCUT2D eigenvalue weighted by Gasteiger charge is -2.34. The minimum Gasteiger partial charge on any atom is -0.457 e. The van der Waals surface area contributed by atoms with E-state index >= 15 is 0 Å². The molecule has 81 heavy (non-hydrogen) atoms. The zero-order valence-corrected chi connectivity index (χ0v) is 49.9. The molecular formula is C74H76F2N4O. The van der Waals surface area contributed by atoms with Crippen LogP contribution in [0.15, 0.2) is 176 Å². The fraction of sp³-hybridized carbons (Fsp3) is 0.284. The molecule has 5 nitrogen and oxygen atoms in total. The van der Waals surface area contributed by atoms with Gasteiger partial charge in [-0.1, -0.05) is 171 Å². The Morgan fingerprint density at radius 3 is 1.49 bits per heavy atom. The highest BCUT2D eigenvalue weighted by Crippen LogP contribution is 2.53. The van der Waals surface area contributed by atoms with Gasteiger partial charge in [0, 0.05) is 45.9 Å². The van der Waals surface area contributed by atoms with Crippen molar-refractivity contribution in [2.75, 3.05) is 16.5 Å². The first-order valence-corrected chi connectivity index (χ1v) is 28.5. The van der Waals surface area contributed by atoms with Gasteiger partial charge >= 0.3 is 0 Å². The lowest BCUT2D eigenvalue weighted by Crippen LogP contribution is -2.25. The Balaban J connectivity index is 1.15. The minimum absolute atomic E-state index is 0.0697. The lowest BCUT2D eigenvalue weighted by molar-refractivity contribution is 0.483. The van der Waals surface area contributed by atoms with Crippen molar-refractivity contribution < 1.29 is 13.5 Å². The first kappa shape index (κ1) is 54.9. The first-order chi connectivity index (χ1) is 38.1. The van der Waals surface area contributed by atoms with Crippen molar-refractivity contribution in [3.63, 3.8) is 0 Å². The molecule has 0 atom stereocenters. The van der Waals surface area contributed by atoms with E-state index in [-0.39, 0.29) is 38.7 Å². The molecule has 8 aromatic carbocycles. The molecule has 2 aromatic heterocycles. The average Bonchev–Trinajstić information content (AvgIpc) is 3.22. The van der Waals surface area contributed by atoms with Crippen molar-refractivity contribution in [1.29, 1.82) is 0 Å². The summed E-state index contributed by atoms with van der Waals surface area (Å²) in [5.74, 6) is 1.65. The molecule has 10 aromatic rings. The van der Waals surface area contributed by atoms with Gasteiger partial charge in [0.15, 0.2) is 0 Å². The van der Waals surface area contributed by atoms with Gasteiger partial charge in [-0.2, -0.15) is 0 Å². The van der Waals surface area contributed by atoms with Crippen LogP contribution in [0.1, 0.15) is 132 Å². The van der Waals surface area contributed by atoms with E-state index in [0.717, 1.165) is 83.8 Å². The molecule has 1 aliphatic rings. The Labute approximate surface area is 478 Å². The Hall–Kier alpha value is -8.03. The van der Waals surface area contributed by atoms with Crippen LogP contribution in [0.2, 0.25) is 0 Å². The molecule has 0 radical (unpaired) electrons. The van der Waals surface area contributed by atoms with E-state index in [1.807, 2.05) is 30.5 Å². The third-order valence-electron chi connectivity index (χ3n) is 16.1. The number of ether oxygens (including phenoxy) is 1. The maximum atomic E-state index is 14.9. The topological polar surface area (TPSA) is 33.5 Å². The van der Waals surface area contributed by atoms with E-state index in [4.69, 9.17) is 9.72 Å². The van der Waals surface area contributed by atoms with Gasteiger partial charge in [-0.3, -0.25) is 4.57 Å². The van der Waals surface area contributed by atoms with Gasteiger partial charge in [0.05, 0.1) is 28.1 Å². The lowest BCUT2D eigenvalue weighted by atomic mass is 9.71. The van der Waals surface area contributed by atoms with E-state index in [9.17, 15) is 8.78 Å². The van der Waals surface area contributed by atoms with E-state index in [1.54, 1.807) is 0 Å². The van der Waals surface area contributed by atoms with Crippen molar-refractivity contribution in [3.8, 4) is 50.7 Å². The van der Waals surface area contributed by atoms with Crippen LogP contribution < -0.4 is 14.5 Å². The first-order valence-electron chi connectivity index (χ1n) is 28.5. The second-order valence-electron chi connectivity index (χ2n) is 27.4. The number of hydrogen-bond acceptors (Lipinski definition) is 4. The number of anilines is 4. The highest BCUT2D eigenvalue weighted by atomic mass is 19.1. The molecule has 0 aliphatic carbocycles. The summed E-state index contributed by atoms with van der Waals surface area (Å²) < 4.78 is 39.3. The maximum Gasteiger partial charge on any atom is 0.137 e. The summed E-state index contributed by atoms with van der Waals surface area (Å²) in [4.78, 5) is 9.75. The predicted molar refractivity (Wildman–Crippen MR) is 337 cm³/mol. The molecule has 0 bridgehead atoms. The molecule has 0 saturated carbocycles. The quantitative estimate of drug-likeness (QED) is 0.152. The molecule has 11 rings (SSSR count). The van der Waals surface area contributed by atoms with Crippen LogP contribution in [0.3, 0.4) is 0 Å². The van der Waals surface area contributed by atoms with Crippen LogP contribution >= 0.6 is 0 Å². The number of pyridine rings is 1. The summed E-state index contributed by atoms with van der Waals surface area (Å²) in [5.41, 5.74) is 17.2. The molecule has 0 saturated heterocycles. The Morgan fingerprint density at radius 1 is 0.420 bits per heavy atom. The smallest absolute Gasteiger partial charge is 0.137 e. The van der Waals surface area contributed by atoms with E-state index in [0.29, 0.717) is 18.2 Å². The van der Waals surface area contributed by atoms with Crippen molar-refractivity contribution in [1.82, 2.24) is 9.55 Å². The number of nitrogens with zero attached hydrogens (tertiary/aromatic N) is 4. The third kappa shape index (κ3) is 10.5. The van der Waals surface area contributed by atoms with Gasteiger partial charge in [-0.05, 0) is 168 Å². The summed E-state index contributed by atoms with van der Waals surface area (Å²) in [6.45, 7) is 34.6. The molecule has 0 amide bonds. The Kier molecular flexibility index (Phi) is 13.5. The number of para-hydroxylation sites is 3. The Morgan fingerprint density at radius 2 is 0.938 bits per heavy atom. The second-order valence-corrected chi connectivity index (χ2v) is 27.4. The summed E-state index contributed by atoms with van der Waals surface area (Å²) in [7, 11) is 0. The number of aromatic nitrogens is 2. The van der Waals surface area contributed by atoms with Crippen LogP contribution in [0.4, 0.5) is 31.5 Å². The van der Waals surface area contributed by atoms with E-state index < -0.39 is 0 Å². The summed E-state index contributed by atoms with van der Waals surface area (Å²) in [6, 6.07) is 57.6. The molecule has 0 N–H and O–H groups in total. The van der Waals surface area contributed by atoms with Crippen LogP contribution in [-0.4, -0.2) is 16.2 Å². The second kappa shape index (κ2) is 19.9. The third-order valence-corrected chi connectivity index (χ3v) is 16.1. The van der Waals surface area contributed by atoms with Gasteiger partial charge in [0.1, 0.15) is 35.6 Å². The summed E-state index contributed by atoms with van der Waals surface area (Å²) >= 11 is 0. The van der Waals surface area contributed by atoms with Crippen LogP contribution in [0.5, 0.6) is 11.5 Å². The van der Waals surface area contributed by atoms with Crippen molar-refractivity contribution in [2.24, 2.45) is 0 Å². The molecular weight excluding hydrogens is 999 g/mol. The maximum absolute atomic E-state index is 14.9. The average molecular weight is 1080 g/mol. The zero-order valence-electron chi connectivity index (χ0n) is 49.9. The fourth-order valence-electron chi connectivity index (χ4n) is 11.6. The minimum atomic E-state index is -0.302. The summed E-state index contributed by atoms with van der Waals surface area (Å²) in [5, 5.41) is 2.26. The van der Waals surface area contributed by atoms with Crippen LogP contribution in [0.25, 0.3) is 61.0 Å². The SMILES string of the molecule is CC(C)(C)c1ccnc(-n2c3ccccc3c3ccc(Oc4cc(-c5c(C(C)(C)C)cc(C(C)(C)C)cc5C(C)(C)C)cc(N5CN(c6c(-c7ccc(F)cc7)cc(C(C)(C)C)cc6-c6ccc(F)cc6)c6ccccc65)c4)cc32)c1. The normalized spacial score (nSPS) is 13.4. The summed E-state index contributed by atoms with van der Waals surface area (Å²) in [6.07, 6.45) is 1.92. The van der Waals surface area contributed by atoms with Gasteiger partial charge in [-0.15, -0.1) is 0 Å². The number of rotatable bonds is 8. The fourth-order valence-corrected chi connectivity index (χ4v) is 11.6.